The Morgan fingerprint density at radius 1 is 1.21 bits per heavy atom. The molecule has 2 aliphatic rings. The van der Waals surface area contributed by atoms with E-state index in [1.807, 2.05) is 0 Å². The summed E-state index contributed by atoms with van der Waals surface area (Å²) in [5.41, 5.74) is 0.388. The maximum Gasteiger partial charge on any atom is 0.0558 e. The van der Waals surface area contributed by atoms with Crippen LogP contribution in [0.2, 0.25) is 0 Å². The van der Waals surface area contributed by atoms with E-state index in [0.29, 0.717) is 12.1 Å². The van der Waals surface area contributed by atoms with Gasteiger partial charge in [0.2, 0.25) is 0 Å². The normalized spacial score (nSPS) is 28.1. The topological polar surface area (TPSA) is 35.5 Å². The molecule has 0 radical (unpaired) electrons. The molecule has 1 aliphatic heterocycles. The number of piperazine rings is 1. The largest absolute Gasteiger partial charge is 0.395 e. The van der Waals surface area contributed by atoms with Crippen LogP contribution in [0, 0.1) is 0 Å². The Balaban J connectivity index is 2.02. The number of aliphatic hydroxyl groups is 1. The van der Waals surface area contributed by atoms with Gasteiger partial charge in [-0.05, 0) is 12.8 Å². The van der Waals surface area contributed by atoms with Crippen molar-refractivity contribution in [1.82, 2.24) is 10.2 Å². The molecular weight excluding hydrogens is 176 g/mol. The molecule has 1 aliphatic carbocycles. The minimum atomic E-state index is 0.307. The highest BCUT2D eigenvalue weighted by molar-refractivity contribution is 4.97. The highest BCUT2D eigenvalue weighted by Gasteiger charge is 2.38. The van der Waals surface area contributed by atoms with Crippen LogP contribution in [-0.4, -0.2) is 48.3 Å². The number of hydrogen-bond donors (Lipinski definition) is 2. The van der Waals surface area contributed by atoms with Crippen LogP contribution < -0.4 is 5.32 Å². The molecule has 2 rings (SSSR count). The third kappa shape index (κ3) is 1.95. The van der Waals surface area contributed by atoms with Crippen molar-refractivity contribution in [3.63, 3.8) is 0 Å². The van der Waals surface area contributed by atoms with Crippen LogP contribution in [0.15, 0.2) is 0 Å². The van der Waals surface area contributed by atoms with Gasteiger partial charge in [-0.2, -0.15) is 0 Å². The van der Waals surface area contributed by atoms with Gasteiger partial charge in [0.25, 0.3) is 0 Å². The van der Waals surface area contributed by atoms with Crippen LogP contribution >= 0.6 is 0 Å². The summed E-state index contributed by atoms with van der Waals surface area (Å²) < 4.78 is 0. The fraction of sp³-hybridized carbons (Fsp3) is 1.00. The van der Waals surface area contributed by atoms with Crippen LogP contribution in [-0.2, 0) is 0 Å². The summed E-state index contributed by atoms with van der Waals surface area (Å²) in [4.78, 5) is 2.52. The smallest absolute Gasteiger partial charge is 0.0558 e. The van der Waals surface area contributed by atoms with E-state index < -0.39 is 0 Å². The van der Waals surface area contributed by atoms with Gasteiger partial charge in [-0.15, -0.1) is 0 Å². The van der Waals surface area contributed by atoms with Crippen molar-refractivity contribution in [2.75, 3.05) is 32.8 Å². The average molecular weight is 198 g/mol. The Kier molecular flexibility index (Phi) is 3.42. The van der Waals surface area contributed by atoms with E-state index in [1.54, 1.807) is 0 Å². The lowest BCUT2D eigenvalue weighted by Gasteiger charge is -2.49. The SMILES string of the molecule is OCCN1CCNCC12CCCCC2. The molecule has 0 atom stereocenters. The highest BCUT2D eigenvalue weighted by Crippen LogP contribution is 2.34. The summed E-state index contributed by atoms with van der Waals surface area (Å²) in [6, 6.07) is 0. The maximum absolute atomic E-state index is 9.07. The van der Waals surface area contributed by atoms with E-state index in [4.69, 9.17) is 5.11 Å². The molecular formula is C11H22N2O. The third-order valence-corrected chi connectivity index (χ3v) is 3.84. The Morgan fingerprint density at radius 3 is 2.71 bits per heavy atom. The van der Waals surface area contributed by atoms with E-state index in [-0.39, 0.29) is 0 Å². The molecule has 0 amide bonds. The van der Waals surface area contributed by atoms with Gasteiger partial charge in [-0.1, -0.05) is 19.3 Å². The van der Waals surface area contributed by atoms with Crippen molar-refractivity contribution in [2.24, 2.45) is 0 Å². The zero-order valence-corrected chi connectivity index (χ0v) is 8.97. The van der Waals surface area contributed by atoms with Gasteiger partial charge < -0.3 is 10.4 Å². The van der Waals surface area contributed by atoms with Gasteiger partial charge in [-0.25, -0.2) is 0 Å². The molecule has 2 fully saturated rings. The van der Waals surface area contributed by atoms with E-state index in [1.165, 1.54) is 32.1 Å². The lowest BCUT2D eigenvalue weighted by Crippen LogP contribution is -2.62. The number of hydrogen-bond acceptors (Lipinski definition) is 3. The van der Waals surface area contributed by atoms with E-state index >= 15 is 0 Å². The maximum atomic E-state index is 9.07. The summed E-state index contributed by atoms with van der Waals surface area (Å²) in [6.07, 6.45) is 6.77. The number of nitrogens with one attached hydrogen (secondary N) is 1. The molecule has 1 saturated carbocycles. The molecule has 3 nitrogen and oxygen atoms in total. The number of rotatable bonds is 2. The van der Waals surface area contributed by atoms with Gasteiger partial charge >= 0.3 is 0 Å². The Bertz CT molecular complexity index is 168. The number of β-amino-alcohol motifs (C(OH)–C–C–N with tert-alkyl or cyclic N) is 1. The van der Waals surface area contributed by atoms with Crippen LogP contribution in [0.1, 0.15) is 32.1 Å². The minimum Gasteiger partial charge on any atom is -0.395 e. The summed E-state index contributed by atoms with van der Waals surface area (Å²) in [5.74, 6) is 0. The van der Waals surface area contributed by atoms with Crippen molar-refractivity contribution in [3.05, 3.63) is 0 Å². The monoisotopic (exact) mass is 198 g/mol. The van der Waals surface area contributed by atoms with Crippen LogP contribution in [0.3, 0.4) is 0 Å². The van der Waals surface area contributed by atoms with Crippen molar-refractivity contribution >= 4 is 0 Å². The first kappa shape index (κ1) is 10.4. The second-order valence-corrected chi connectivity index (χ2v) is 4.67. The quantitative estimate of drug-likeness (QED) is 0.681. The Labute approximate surface area is 86.5 Å². The number of aliphatic hydroxyl groups excluding tert-OH is 1. The van der Waals surface area contributed by atoms with E-state index in [9.17, 15) is 0 Å². The number of nitrogens with zero attached hydrogens (tertiary/aromatic N) is 1. The molecule has 1 saturated heterocycles. The lowest BCUT2D eigenvalue weighted by atomic mass is 9.79. The summed E-state index contributed by atoms with van der Waals surface area (Å²) in [7, 11) is 0. The molecule has 1 heterocycles. The fourth-order valence-corrected chi connectivity index (χ4v) is 3.06. The fourth-order valence-electron chi connectivity index (χ4n) is 3.06. The van der Waals surface area contributed by atoms with Crippen molar-refractivity contribution in [3.8, 4) is 0 Å². The first-order valence-electron chi connectivity index (χ1n) is 5.94. The van der Waals surface area contributed by atoms with Crippen LogP contribution in [0.5, 0.6) is 0 Å². The van der Waals surface area contributed by atoms with Gasteiger partial charge in [0.15, 0.2) is 0 Å². The van der Waals surface area contributed by atoms with Crippen molar-refractivity contribution in [1.29, 1.82) is 0 Å². The predicted molar refractivity (Wildman–Crippen MR) is 57.3 cm³/mol. The first-order valence-corrected chi connectivity index (χ1v) is 5.94. The van der Waals surface area contributed by atoms with Gasteiger partial charge in [0.1, 0.15) is 0 Å². The molecule has 3 heteroatoms. The van der Waals surface area contributed by atoms with Crippen LogP contribution in [0.4, 0.5) is 0 Å². The molecule has 82 valence electrons. The summed E-state index contributed by atoms with van der Waals surface area (Å²) in [5, 5.41) is 12.6. The van der Waals surface area contributed by atoms with Gasteiger partial charge in [0.05, 0.1) is 6.61 Å². The first-order chi connectivity index (χ1) is 6.87. The lowest BCUT2D eigenvalue weighted by molar-refractivity contribution is 0.0157. The van der Waals surface area contributed by atoms with E-state index in [0.717, 1.165) is 26.2 Å². The van der Waals surface area contributed by atoms with Crippen LogP contribution in [0.25, 0.3) is 0 Å². The minimum absolute atomic E-state index is 0.307. The average Bonchev–Trinajstić information content (AvgIpc) is 2.23. The standard InChI is InChI=1S/C11H22N2O/c14-9-8-13-7-6-12-10-11(13)4-2-1-3-5-11/h12,14H,1-10H2. The molecule has 0 bridgehead atoms. The molecule has 1 spiro atoms. The second kappa shape index (κ2) is 4.60. The zero-order valence-electron chi connectivity index (χ0n) is 8.97. The molecule has 2 N–H and O–H groups in total. The third-order valence-electron chi connectivity index (χ3n) is 3.84. The molecule has 14 heavy (non-hydrogen) atoms. The molecule has 0 aromatic heterocycles. The van der Waals surface area contributed by atoms with Crippen molar-refractivity contribution in [2.45, 2.75) is 37.6 Å². The molecule has 0 aromatic rings. The Hall–Kier alpha value is -0.120. The second-order valence-electron chi connectivity index (χ2n) is 4.67. The van der Waals surface area contributed by atoms with Gasteiger partial charge in [0, 0.05) is 31.7 Å². The van der Waals surface area contributed by atoms with Gasteiger partial charge in [-0.3, -0.25) is 4.90 Å². The van der Waals surface area contributed by atoms with E-state index in [2.05, 4.69) is 10.2 Å². The predicted octanol–water partition coefficient (Wildman–Crippen LogP) is 0.587. The molecule has 0 unspecified atom stereocenters. The summed E-state index contributed by atoms with van der Waals surface area (Å²) >= 11 is 0. The molecule has 0 aromatic carbocycles. The zero-order chi connectivity index (χ0) is 9.86. The summed E-state index contributed by atoms with van der Waals surface area (Å²) in [6.45, 7) is 4.50. The van der Waals surface area contributed by atoms with Crippen molar-refractivity contribution < 1.29 is 5.11 Å². The highest BCUT2D eigenvalue weighted by atomic mass is 16.3. The Morgan fingerprint density at radius 2 is 2.00 bits per heavy atom.